The van der Waals surface area contributed by atoms with E-state index in [9.17, 15) is 0 Å². The van der Waals surface area contributed by atoms with Crippen molar-refractivity contribution in [3.05, 3.63) is 11.1 Å². The lowest BCUT2D eigenvalue weighted by Gasteiger charge is -2.13. The molecule has 0 spiro atoms. The zero-order valence-electron chi connectivity index (χ0n) is 8.79. The minimum Gasteiger partial charge on any atom is -0.315 e. The van der Waals surface area contributed by atoms with E-state index in [1.807, 2.05) is 6.20 Å². The molecule has 80 valence electrons. The van der Waals surface area contributed by atoms with Crippen LogP contribution >= 0.6 is 11.5 Å². The monoisotopic (exact) mass is 214 g/mol. The van der Waals surface area contributed by atoms with E-state index in [1.54, 1.807) is 0 Å². The topological polar surface area (TPSA) is 49.8 Å². The van der Waals surface area contributed by atoms with Crippen LogP contribution in [-0.2, 0) is 6.54 Å². The minimum absolute atomic E-state index is 0.489. The van der Waals surface area contributed by atoms with Gasteiger partial charge in [0, 0.05) is 19.1 Å². The number of nitrogens with one attached hydrogen (secondary N) is 2. The number of rotatable bonds is 7. The maximum absolute atomic E-state index is 3.81. The highest BCUT2D eigenvalue weighted by Crippen LogP contribution is 2.00. The molecule has 0 aromatic carbocycles. The van der Waals surface area contributed by atoms with Gasteiger partial charge in [0.25, 0.3) is 0 Å². The zero-order valence-corrected chi connectivity index (χ0v) is 9.60. The highest BCUT2D eigenvalue weighted by Gasteiger charge is 2.01. The largest absolute Gasteiger partial charge is 0.315 e. The summed E-state index contributed by atoms with van der Waals surface area (Å²) in [5.74, 6) is 0. The van der Waals surface area contributed by atoms with Crippen molar-refractivity contribution in [1.29, 1.82) is 0 Å². The van der Waals surface area contributed by atoms with Crippen LogP contribution in [0.3, 0.4) is 0 Å². The van der Waals surface area contributed by atoms with Gasteiger partial charge in [-0.05, 0) is 31.4 Å². The lowest BCUT2D eigenvalue weighted by atomic mass is 10.3. The molecule has 0 radical (unpaired) electrons. The van der Waals surface area contributed by atoms with Crippen molar-refractivity contribution in [2.24, 2.45) is 0 Å². The van der Waals surface area contributed by atoms with Crippen LogP contribution in [-0.4, -0.2) is 28.7 Å². The number of aromatic nitrogens is 2. The van der Waals surface area contributed by atoms with Crippen molar-refractivity contribution < 1.29 is 0 Å². The molecule has 5 heteroatoms. The minimum atomic E-state index is 0.489. The molecule has 1 heterocycles. The van der Waals surface area contributed by atoms with Gasteiger partial charge in [-0.25, -0.2) is 0 Å². The second-order valence-corrected chi connectivity index (χ2v) is 4.24. The first-order valence-electron chi connectivity index (χ1n) is 5.03. The Hall–Kier alpha value is -0.520. The molecule has 0 aliphatic carbocycles. The van der Waals surface area contributed by atoms with Gasteiger partial charge in [0.15, 0.2) is 0 Å². The van der Waals surface area contributed by atoms with Gasteiger partial charge in [-0.1, -0.05) is 11.4 Å². The van der Waals surface area contributed by atoms with Crippen molar-refractivity contribution in [3.63, 3.8) is 0 Å². The molecule has 0 fully saturated rings. The van der Waals surface area contributed by atoms with E-state index < -0.39 is 0 Å². The average Bonchev–Trinajstić information content (AvgIpc) is 2.68. The summed E-state index contributed by atoms with van der Waals surface area (Å²) in [5.41, 5.74) is 0. The van der Waals surface area contributed by atoms with Crippen LogP contribution in [0.4, 0.5) is 0 Å². The first-order chi connectivity index (χ1) is 6.83. The fourth-order valence-electron chi connectivity index (χ4n) is 1.11. The van der Waals surface area contributed by atoms with Crippen LogP contribution in [0.15, 0.2) is 6.20 Å². The third-order valence-corrected chi connectivity index (χ3v) is 2.57. The van der Waals surface area contributed by atoms with Gasteiger partial charge < -0.3 is 10.6 Å². The van der Waals surface area contributed by atoms with Crippen LogP contribution in [0.25, 0.3) is 0 Å². The van der Waals surface area contributed by atoms with Gasteiger partial charge in [0.05, 0.1) is 11.1 Å². The van der Waals surface area contributed by atoms with Crippen molar-refractivity contribution in [1.82, 2.24) is 20.2 Å². The molecular formula is C9H18N4S. The second-order valence-electron chi connectivity index (χ2n) is 3.37. The molecule has 14 heavy (non-hydrogen) atoms. The average molecular weight is 214 g/mol. The first-order valence-corrected chi connectivity index (χ1v) is 5.80. The summed E-state index contributed by atoms with van der Waals surface area (Å²) in [5, 5.41) is 10.6. The molecule has 0 amide bonds. The summed E-state index contributed by atoms with van der Waals surface area (Å²) < 4.78 is 3.81. The van der Waals surface area contributed by atoms with E-state index in [-0.39, 0.29) is 0 Å². The molecule has 4 nitrogen and oxygen atoms in total. The summed E-state index contributed by atoms with van der Waals surface area (Å²) in [7, 11) is 0. The fourth-order valence-corrected chi connectivity index (χ4v) is 1.55. The van der Waals surface area contributed by atoms with Crippen LogP contribution in [0.1, 0.15) is 25.1 Å². The van der Waals surface area contributed by atoms with E-state index in [0.29, 0.717) is 6.04 Å². The predicted octanol–water partition coefficient (Wildman–Crippen LogP) is 1.02. The van der Waals surface area contributed by atoms with Gasteiger partial charge in [-0.2, -0.15) is 0 Å². The van der Waals surface area contributed by atoms with E-state index >= 15 is 0 Å². The molecule has 1 rings (SSSR count). The van der Waals surface area contributed by atoms with Crippen molar-refractivity contribution in [2.45, 2.75) is 32.9 Å². The van der Waals surface area contributed by atoms with Crippen LogP contribution in [0.2, 0.25) is 0 Å². The number of hydrogen-bond donors (Lipinski definition) is 2. The summed E-state index contributed by atoms with van der Waals surface area (Å²) in [4.78, 5) is 1.19. The van der Waals surface area contributed by atoms with Crippen molar-refractivity contribution in [2.75, 3.05) is 13.1 Å². The van der Waals surface area contributed by atoms with E-state index in [0.717, 1.165) is 19.6 Å². The van der Waals surface area contributed by atoms with Gasteiger partial charge in [-0.15, -0.1) is 5.10 Å². The third-order valence-electron chi connectivity index (χ3n) is 1.91. The normalized spacial score (nSPS) is 13.0. The quantitative estimate of drug-likeness (QED) is 0.665. The Morgan fingerprint density at radius 1 is 1.57 bits per heavy atom. The molecule has 0 aliphatic rings. The molecular weight excluding hydrogens is 196 g/mol. The summed E-state index contributed by atoms with van der Waals surface area (Å²) >= 11 is 1.45. The molecule has 0 saturated carbocycles. The molecule has 1 unspecified atom stereocenters. The maximum Gasteiger partial charge on any atom is 0.0666 e. The number of nitrogens with zero attached hydrogens (tertiary/aromatic N) is 2. The van der Waals surface area contributed by atoms with E-state index in [4.69, 9.17) is 0 Å². The lowest BCUT2D eigenvalue weighted by molar-refractivity contribution is 0.503. The lowest BCUT2D eigenvalue weighted by Crippen LogP contribution is -2.36. The predicted molar refractivity (Wildman–Crippen MR) is 59.4 cm³/mol. The van der Waals surface area contributed by atoms with Crippen molar-refractivity contribution in [3.8, 4) is 0 Å². The first kappa shape index (κ1) is 11.6. The maximum atomic E-state index is 3.81. The standard InChI is InChI=1S/C9H18N4S/c1-3-4-10-5-8(2)11-6-9-7-12-13-14-9/h7-8,10-11H,3-6H2,1-2H3. The smallest absolute Gasteiger partial charge is 0.0666 e. The Balaban J connectivity index is 2.06. The van der Waals surface area contributed by atoms with Gasteiger partial charge in [0.1, 0.15) is 0 Å². The molecule has 1 atom stereocenters. The molecule has 1 aromatic rings. The molecule has 1 aromatic heterocycles. The highest BCUT2D eigenvalue weighted by atomic mass is 32.1. The Kier molecular flexibility index (Phi) is 5.66. The third kappa shape index (κ3) is 4.64. The molecule has 2 N–H and O–H groups in total. The van der Waals surface area contributed by atoms with Crippen LogP contribution < -0.4 is 10.6 Å². The summed E-state index contributed by atoms with van der Waals surface area (Å²) in [6, 6.07) is 0.489. The highest BCUT2D eigenvalue weighted by molar-refractivity contribution is 7.05. The Labute approximate surface area is 89.3 Å². The van der Waals surface area contributed by atoms with Gasteiger partial charge >= 0.3 is 0 Å². The van der Waals surface area contributed by atoms with Crippen LogP contribution in [0.5, 0.6) is 0 Å². The summed E-state index contributed by atoms with van der Waals surface area (Å²) in [6.45, 7) is 7.33. The number of hydrogen-bond acceptors (Lipinski definition) is 5. The molecule has 0 aliphatic heterocycles. The van der Waals surface area contributed by atoms with Crippen LogP contribution in [0, 0.1) is 0 Å². The van der Waals surface area contributed by atoms with Crippen molar-refractivity contribution >= 4 is 11.5 Å². The van der Waals surface area contributed by atoms with Gasteiger partial charge in [-0.3, -0.25) is 0 Å². The fraction of sp³-hybridized carbons (Fsp3) is 0.778. The second kappa shape index (κ2) is 6.86. The zero-order chi connectivity index (χ0) is 10.2. The molecule has 0 bridgehead atoms. The molecule has 0 saturated heterocycles. The Bertz CT molecular complexity index is 225. The SMILES string of the molecule is CCCNCC(C)NCc1cnns1. The summed E-state index contributed by atoms with van der Waals surface area (Å²) in [6.07, 6.45) is 3.00. The Morgan fingerprint density at radius 3 is 3.07 bits per heavy atom. The Morgan fingerprint density at radius 2 is 2.43 bits per heavy atom. The van der Waals surface area contributed by atoms with E-state index in [1.165, 1.54) is 22.8 Å². The van der Waals surface area contributed by atoms with Gasteiger partial charge in [0.2, 0.25) is 0 Å². The van der Waals surface area contributed by atoms with E-state index in [2.05, 4.69) is 34.1 Å².